The van der Waals surface area contributed by atoms with Crippen LogP contribution >= 0.6 is 12.2 Å². The van der Waals surface area contributed by atoms with E-state index in [1.165, 1.54) is 44.1 Å². The van der Waals surface area contributed by atoms with E-state index in [0.29, 0.717) is 28.6 Å². The highest BCUT2D eigenvalue weighted by Crippen LogP contribution is 2.35. The van der Waals surface area contributed by atoms with E-state index < -0.39 is 0 Å². The summed E-state index contributed by atoms with van der Waals surface area (Å²) in [5, 5.41) is 5.62. The second-order valence-corrected chi connectivity index (χ2v) is 10.2. The van der Waals surface area contributed by atoms with Gasteiger partial charge in [-0.1, -0.05) is 44.0 Å². The molecular formula is C27H31N5OS. The van der Waals surface area contributed by atoms with E-state index in [-0.39, 0.29) is 5.56 Å². The molecular weight excluding hydrogens is 442 g/mol. The van der Waals surface area contributed by atoms with E-state index in [9.17, 15) is 4.79 Å². The van der Waals surface area contributed by atoms with Crippen LogP contribution in [0.2, 0.25) is 0 Å². The summed E-state index contributed by atoms with van der Waals surface area (Å²) >= 11 is 5.98. The molecule has 34 heavy (non-hydrogen) atoms. The summed E-state index contributed by atoms with van der Waals surface area (Å²) in [6.07, 6.45) is 8.82. The van der Waals surface area contributed by atoms with Crippen LogP contribution in [0.25, 0.3) is 22.4 Å². The lowest BCUT2D eigenvalue weighted by molar-refractivity contribution is 0.0325. The zero-order valence-electron chi connectivity index (χ0n) is 19.7. The summed E-state index contributed by atoms with van der Waals surface area (Å²) in [5.41, 5.74) is 2.80. The summed E-state index contributed by atoms with van der Waals surface area (Å²) in [5.74, 6) is 1.37. The molecule has 3 heterocycles. The van der Waals surface area contributed by atoms with Gasteiger partial charge in [-0.15, -0.1) is 5.10 Å². The number of piperidine rings is 1. The Balaban J connectivity index is 1.52. The average molecular weight is 474 g/mol. The highest BCUT2D eigenvalue weighted by atomic mass is 32.1. The van der Waals surface area contributed by atoms with Crippen LogP contribution in [0.4, 0.5) is 0 Å². The topological polar surface area (TPSA) is 47.5 Å². The second kappa shape index (κ2) is 8.78. The van der Waals surface area contributed by atoms with Crippen LogP contribution < -0.4 is 5.56 Å². The van der Waals surface area contributed by atoms with Crippen LogP contribution in [-0.4, -0.2) is 36.2 Å². The molecule has 1 saturated heterocycles. The fraction of sp³-hybridized carbons (Fsp3) is 0.444. The van der Waals surface area contributed by atoms with E-state index in [1.807, 2.05) is 45.5 Å². The van der Waals surface area contributed by atoms with Gasteiger partial charge in [-0.3, -0.25) is 14.1 Å². The van der Waals surface area contributed by atoms with E-state index in [1.54, 1.807) is 4.57 Å². The third kappa shape index (κ3) is 3.53. The maximum absolute atomic E-state index is 13.7. The average Bonchev–Trinajstić information content (AvgIpc) is 3.20. The van der Waals surface area contributed by atoms with Crippen LogP contribution in [-0.2, 0) is 13.1 Å². The first kappa shape index (κ1) is 21.7. The van der Waals surface area contributed by atoms with Gasteiger partial charge in [0.05, 0.1) is 23.3 Å². The molecule has 6 rings (SSSR count). The molecule has 0 amide bonds. The summed E-state index contributed by atoms with van der Waals surface area (Å²) < 4.78 is 6.27. The molecule has 2 aromatic carbocycles. The minimum Gasteiger partial charge on any atom is -0.281 e. The number of aromatic nitrogens is 4. The van der Waals surface area contributed by atoms with Gasteiger partial charge in [-0.05, 0) is 80.1 Å². The molecule has 1 saturated carbocycles. The van der Waals surface area contributed by atoms with E-state index in [2.05, 4.69) is 24.0 Å². The van der Waals surface area contributed by atoms with Crippen molar-refractivity contribution >= 4 is 28.9 Å². The van der Waals surface area contributed by atoms with Gasteiger partial charge in [0.15, 0.2) is 0 Å². The highest BCUT2D eigenvalue weighted by Gasteiger charge is 2.33. The first-order valence-electron chi connectivity index (χ1n) is 12.6. The van der Waals surface area contributed by atoms with Crippen molar-refractivity contribution in [2.45, 2.75) is 64.6 Å². The van der Waals surface area contributed by atoms with Crippen molar-refractivity contribution < 1.29 is 0 Å². The Morgan fingerprint density at radius 1 is 1.00 bits per heavy atom. The largest absolute Gasteiger partial charge is 0.281 e. The zero-order chi connectivity index (χ0) is 23.2. The molecule has 4 aromatic rings. The fourth-order valence-corrected chi connectivity index (χ4v) is 6.37. The summed E-state index contributed by atoms with van der Waals surface area (Å²) in [4.78, 5) is 16.2. The smallest absolute Gasteiger partial charge is 0.267 e. The van der Waals surface area contributed by atoms with Gasteiger partial charge in [0.1, 0.15) is 0 Å². The van der Waals surface area contributed by atoms with Crippen molar-refractivity contribution in [3.8, 4) is 5.69 Å². The van der Waals surface area contributed by atoms with Crippen LogP contribution in [0, 0.1) is 10.7 Å². The lowest BCUT2D eigenvalue weighted by Gasteiger charge is -2.43. The normalized spacial score (nSPS) is 21.2. The lowest BCUT2D eigenvalue weighted by atomic mass is 9.78. The van der Waals surface area contributed by atoms with E-state index in [4.69, 9.17) is 17.3 Å². The number of rotatable bonds is 4. The van der Waals surface area contributed by atoms with Gasteiger partial charge in [-0.25, -0.2) is 9.25 Å². The third-order valence-corrected chi connectivity index (χ3v) is 8.27. The molecule has 2 aliphatic rings. The monoisotopic (exact) mass is 473 g/mol. The first-order chi connectivity index (χ1) is 16.7. The number of benzene rings is 2. The van der Waals surface area contributed by atoms with Gasteiger partial charge < -0.3 is 0 Å². The van der Waals surface area contributed by atoms with Crippen molar-refractivity contribution in [3.63, 3.8) is 0 Å². The standard InChI is InChI=1S/C27H31N5OS/c1-2-19-13-15-21(16-14-19)31-25(33)22-10-4-6-12-24(22)32-26(31)28-30(27(32)34)18-29-17-7-9-20-8-3-5-11-23(20)29/h4,6,10,12-16,20,23H,2-3,5,7-9,11,17-18H2,1H3. The van der Waals surface area contributed by atoms with Crippen molar-refractivity contribution in [1.82, 2.24) is 23.6 Å². The van der Waals surface area contributed by atoms with Crippen LogP contribution in [0.5, 0.6) is 0 Å². The van der Waals surface area contributed by atoms with Gasteiger partial charge in [0.2, 0.25) is 10.5 Å². The maximum atomic E-state index is 13.7. The number of likely N-dealkylation sites (tertiary alicyclic amines) is 1. The Hall–Kier alpha value is -2.77. The van der Waals surface area contributed by atoms with Gasteiger partial charge in [0, 0.05) is 12.6 Å². The van der Waals surface area contributed by atoms with Gasteiger partial charge in [0.25, 0.3) is 5.56 Å². The molecule has 2 aromatic heterocycles. The SMILES string of the molecule is CCc1ccc(-n2c(=O)c3ccccc3n3c(=S)n(CN4CCCC5CCCCC54)nc23)cc1. The number of para-hydroxylation sites is 1. The predicted molar refractivity (Wildman–Crippen MR) is 138 cm³/mol. The lowest BCUT2D eigenvalue weighted by Crippen LogP contribution is -2.47. The van der Waals surface area contributed by atoms with Crippen LogP contribution in [0.15, 0.2) is 53.3 Å². The number of fused-ring (bicyclic) bond motifs is 4. The van der Waals surface area contributed by atoms with Crippen molar-refractivity contribution in [1.29, 1.82) is 0 Å². The zero-order valence-corrected chi connectivity index (χ0v) is 20.5. The molecule has 176 valence electrons. The minimum absolute atomic E-state index is 0.0650. The Morgan fingerprint density at radius 3 is 2.59 bits per heavy atom. The molecule has 0 N–H and O–H groups in total. The van der Waals surface area contributed by atoms with Gasteiger partial charge >= 0.3 is 0 Å². The quantitative estimate of drug-likeness (QED) is 0.375. The van der Waals surface area contributed by atoms with E-state index in [0.717, 1.165) is 30.1 Å². The summed E-state index contributed by atoms with van der Waals surface area (Å²) in [6.45, 7) is 3.90. The maximum Gasteiger partial charge on any atom is 0.267 e. The van der Waals surface area contributed by atoms with Gasteiger partial charge in [-0.2, -0.15) is 0 Å². The predicted octanol–water partition coefficient (Wildman–Crippen LogP) is 5.34. The molecule has 1 aliphatic carbocycles. The van der Waals surface area contributed by atoms with Crippen molar-refractivity contribution in [2.24, 2.45) is 5.92 Å². The number of aryl methyl sites for hydroxylation is 1. The molecule has 2 atom stereocenters. The summed E-state index contributed by atoms with van der Waals surface area (Å²) in [7, 11) is 0. The second-order valence-electron chi connectivity index (χ2n) is 9.80. The molecule has 6 nitrogen and oxygen atoms in total. The molecule has 7 heteroatoms. The number of hydrogen-bond acceptors (Lipinski definition) is 4. The molecule has 1 aliphatic heterocycles. The third-order valence-electron chi connectivity index (χ3n) is 7.88. The Kier molecular flexibility index (Phi) is 5.62. The van der Waals surface area contributed by atoms with Crippen molar-refractivity contribution in [2.75, 3.05) is 6.54 Å². The highest BCUT2D eigenvalue weighted by molar-refractivity contribution is 7.71. The van der Waals surface area contributed by atoms with Crippen molar-refractivity contribution in [3.05, 3.63) is 69.2 Å². The molecule has 0 bridgehead atoms. The molecule has 0 spiro atoms. The number of nitrogens with zero attached hydrogens (tertiary/aromatic N) is 5. The van der Waals surface area contributed by atoms with Crippen LogP contribution in [0.1, 0.15) is 51.0 Å². The first-order valence-corrected chi connectivity index (χ1v) is 13.0. The summed E-state index contributed by atoms with van der Waals surface area (Å²) in [6, 6.07) is 16.5. The molecule has 2 unspecified atom stereocenters. The fourth-order valence-electron chi connectivity index (χ4n) is 6.09. The van der Waals surface area contributed by atoms with E-state index >= 15 is 0 Å². The Labute approximate surface area is 204 Å². The Morgan fingerprint density at radius 2 is 1.76 bits per heavy atom. The number of hydrogen-bond donors (Lipinski definition) is 0. The minimum atomic E-state index is -0.0650. The molecule has 2 fully saturated rings. The molecule has 0 radical (unpaired) electrons. The Bertz CT molecular complexity index is 1460. The van der Waals surface area contributed by atoms with Crippen LogP contribution in [0.3, 0.4) is 0 Å².